The fourth-order valence-corrected chi connectivity index (χ4v) is 2.01. The van der Waals surface area contributed by atoms with Crippen LogP contribution in [0.4, 0.5) is 8.22 Å². The second-order valence-electron chi connectivity index (χ2n) is 3.36. The summed E-state index contributed by atoms with van der Waals surface area (Å²) >= 11 is 0. The molecule has 0 heterocycles. The predicted octanol–water partition coefficient (Wildman–Crippen LogP) is 2.73. The maximum atomic E-state index is 13.1. The van der Waals surface area contributed by atoms with E-state index in [0.717, 1.165) is 0 Å². The van der Waals surface area contributed by atoms with Gasteiger partial charge in [-0.05, 0) is 6.42 Å². The van der Waals surface area contributed by atoms with Crippen LogP contribution in [0.3, 0.4) is 0 Å². The lowest BCUT2D eigenvalue weighted by molar-refractivity contribution is -0.140. The standard InChI is InChI=1S/C8H16F2O2Si/c1-7(2)13(9,10)6-4-5-12-8(3)11/h7H,4-6H2,1-3H3. The molecule has 0 rings (SSSR count). The molecule has 0 aliphatic rings. The number of carbonyl (C=O) groups is 1. The van der Waals surface area contributed by atoms with Gasteiger partial charge in [0.15, 0.2) is 0 Å². The number of hydrogen-bond acceptors (Lipinski definition) is 2. The highest BCUT2D eigenvalue weighted by Crippen LogP contribution is 2.28. The highest BCUT2D eigenvalue weighted by Gasteiger charge is 2.38. The van der Waals surface area contributed by atoms with Gasteiger partial charge in [-0.25, -0.2) is 0 Å². The molecule has 5 heteroatoms. The van der Waals surface area contributed by atoms with Crippen LogP contribution in [0.15, 0.2) is 0 Å². The first kappa shape index (κ1) is 12.5. The molecule has 0 unspecified atom stereocenters. The minimum atomic E-state index is -4.04. The highest BCUT2D eigenvalue weighted by molar-refractivity contribution is 6.67. The maximum absolute atomic E-state index is 13.1. The Morgan fingerprint density at radius 2 is 2.00 bits per heavy atom. The SMILES string of the molecule is CC(=O)OCCC[Si](F)(F)C(C)C. The van der Waals surface area contributed by atoms with Gasteiger partial charge < -0.3 is 4.74 Å². The smallest absolute Gasteiger partial charge is 0.427 e. The molecule has 0 aromatic carbocycles. The minimum Gasteiger partial charge on any atom is -0.466 e. The molecule has 2 nitrogen and oxygen atoms in total. The Balaban J connectivity index is 3.58. The third-order valence-electron chi connectivity index (χ3n) is 1.80. The first-order chi connectivity index (χ1) is 5.86. The van der Waals surface area contributed by atoms with Crippen molar-refractivity contribution in [3.63, 3.8) is 0 Å². The molecule has 0 aromatic rings. The van der Waals surface area contributed by atoms with Gasteiger partial charge in [-0.15, -0.1) is 0 Å². The monoisotopic (exact) mass is 210 g/mol. The van der Waals surface area contributed by atoms with Crippen molar-refractivity contribution in [3.8, 4) is 0 Å². The molecule has 0 atom stereocenters. The van der Waals surface area contributed by atoms with Gasteiger partial charge in [0, 0.05) is 18.5 Å². The van der Waals surface area contributed by atoms with Gasteiger partial charge in [-0.3, -0.25) is 13.0 Å². The van der Waals surface area contributed by atoms with Gasteiger partial charge in [0.1, 0.15) is 0 Å². The van der Waals surface area contributed by atoms with Gasteiger partial charge in [0.25, 0.3) is 0 Å². The summed E-state index contributed by atoms with van der Waals surface area (Å²) in [5.74, 6) is -0.408. The van der Waals surface area contributed by atoms with Crippen molar-refractivity contribution in [2.75, 3.05) is 6.61 Å². The van der Waals surface area contributed by atoms with Crippen LogP contribution in [0, 0.1) is 0 Å². The average molecular weight is 210 g/mol. The van der Waals surface area contributed by atoms with E-state index < -0.39 is 20.3 Å². The van der Waals surface area contributed by atoms with Gasteiger partial charge >= 0.3 is 14.7 Å². The molecule has 0 aliphatic carbocycles. The molecule has 0 aromatic heterocycles. The maximum Gasteiger partial charge on any atom is 0.427 e. The van der Waals surface area contributed by atoms with Crippen LogP contribution in [-0.4, -0.2) is 21.3 Å². The number of carbonyl (C=O) groups excluding carboxylic acids is 1. The van der Waals surface area contributed by atoms with E-state index in [1.807, 2.05) is 0 Å². The van der Waals surface area contributed by atoms with Gasteiger partial charge in [-0.1, -0.05) is 13.8 Å². The predicted molar refractivity (Wildman–Crippen MR) is 49.1 cm³/mol. The molecule has 0 spiro atoms. The summed E-state index contributed by atoms with van der Waals surface area (Å²) in [5, 5.41) is 0. The zero-order valence-corrected chi connectivity index (χ0v) is 9.27. The molecule has 0 bridgehead atoms. The van der Waals surface area contributed by atoms with Crippen molar-refractivity contribution in [2.45, 2.75) is 38.8 Å². The molecule has 0 radical (unpaired) electrons. The summed E-state index contributed by atoms with van der Waals surface area (Å²) in [6, 6.07) is -0.0854. The van der Waals surface area contributed by atoms with Crippen LogP contribution < -0.4 is 0 Å². The van der Waals surface area contributed by atoms with Crippen molar-refractivity contribution in [3.05, 3.63) is 0 Å². The first-order valence-corrected chi connectivity index (χ1v) is 6.41. The van der Waals surface area contributed by atoms with E-state index in [4.69, 9.17) is 0 Å². The van der Waals surface area contributed by atoms with Crippen LogP contribution >= 0.6 is 0 Å². The summed E-state index contributed by atoms with van der Waals surface area (Å²) in [6.45, 7) is 4.47. The Morgan fingerprint density at radius 1 is 1.46 bits per heavy atom. The van der Waals surface area contributed by atoms with E-state index in [9.17, 15) is 13.0 Å². The second-order valence-corrected chi connectivity index (χ2v) is 6.54. The van der Waals surface area contributed by atoms with Gasteiger partial charge in [0.05, 0.1) is 6.61 Å². The largest absolute Gasteiger partial charge is 0.466 e. The van der Waals surface area contributed by atoms with Crippen molar-refractivity contribution in [2.24, 2.45) is 0 Å². The Labute approximate surface area is 78.6 Å². The number of halogens is 2. The van der Waals surface area contributed by atoms with Crippen molar-refractivity contribution >= 4 is 14.7 Å². The van der Waals surface area contributed by atoms with E-state index in [2.05, 4.69) is 4.74 Å². The van der Waals surface area contributed by atoms with Gasteiger partial charge in [-0.2, -0.15) is 0 Å². The van der Waals surface area contributed by atoms with E-state index >= 15 is 0 Å². The van der Waals surface area contributed by atoms with Crippen LogP contribution in [0.1, 0.15) is 27.2 Å². The number of hydrogen-bond donors (Lipinski definition) is 0. The number of esters is 1. The summed E-state index contributed by atoms with van der Waals surface area (Å²) in [5.41, 5.74) is -0.523. The van der Waals surface area contributed by atoms with Crippen LogP contribution in [0.5, 0.6) is 0 Å². The molecular weight excluding hydrogens is 194 g/mol. The molecule has 13 heavy (non-hydrogen) atoms. The number of rotatable bonds is 5. The van der Waals surface area contributed by atoms with Crippen LogP contribution in [0.25, 0.3) is 0 Å². The lowest BCUT2D eigenvalue weighted by Crippen LogP contribution is -2.26. The summed E-state index contributed by atoms with van der Waals surface area (Å²) in [6.07, 6.45) is 0.275. The van der Waals surface area contributed by atoms with E-state index in [0.29, 0.717) is 0 Å². The summed E-state index contributed by atoms with van der Waals surface area (Å²) in [7, 11) is -4.04. The molecular formula is C8H16F2O2Si. The zero-order chi connectivity index (χ0) is 10.5. The minimum absolute atomic E-state index is 0.0854. The molecule has 0 saturated heterocycles. The van der Waals surface area contributed by atoms with Crippen LogP contribution in [0.2, 0.25) is 11.6 Å². The van der Waals surface area contributed by atoms with Crippen molar-refractivity contribution in [1.82, 2.24) is 0 Å². The molecule has 0 saturated carbocycles. The lowest BCUT2D eigenvalue weighted by atomic mass is 10.5. The Morgan fingerprint density at radius 3 is 2.38 bits per heavy atom. The quantitative estimate of drug-likeness (QED) is 0.302. The Hall–Kier alpha value is -0.453. The zero-order valence-electron chi connectivity index (χ0n) is 8.27. The van der Waals surface area contributed by atoms with Crippen LogP contribution in [-0.2, 0) is 9.53 Å². The lowest BCUT2D eigenvalue weighted by Gasteiger charge is -2.15. The van der Waals surface area contributed by atoms with Crippen molar-refractivity contribution < 1.29 is 17.7 Å². The second kappa shape index (κ2) is 5.31. The molecule has 0 fully saturated rings. The molecule has 78 valence electrons. The first-order valence-electron chi connectivity index (χ1n) is 4.37. The third-order valence-corrected chi connectivity index (χ3v) is 4.51. The van der Waals surface area contributed by atoms with Crippen molar-refractivity contribution in [1.29, 1.82) is 0 Å². The summed E-state index contributed by atoms with van der Waals surface area (Å²) < 4.78 is 30.7. The van der Waals surface area contributed by atoms with E-state index in [1.165, 1.54) is 20.8 Å². The topological polar surface area (TPSA) is 26.3 Å². The number of ether oxygens (including phenoxy) is 1. The fraction of sp³-hybridized carbons (Fsp3) is 0.875. The average Bonchev–Trinajstić information content (AvgIpc) is 1.97. The normalized spacial score (nSPS) is 11.8. The molecule has 0 amide bonds. The Bertz CT molecular complexity index is 172. The van der Waals surface area contributed by atoms with E-state index in [-0.39, 0.29) is 19.1 Å². The fourth-order valence-electron chi connectivity index (χ4n) is 0.812. The Kier molecular flexibility index (Phi) is 5.13. The summed E-state index contributed by atoms with van der Waals surface area (Å²) in [4.78, 5) is 10.3. The third kappa shape index (κ3) is 5.73. The highest BCUT2D eigenvalue weighted by atomic mass is 28.4. The van der Waals surface area contributed by atoms with Gasteiger partial charge in [0.2, 0.25) is 0 Å². The molecule has 0 N–H and O–H groups in total. The van der Waals surface area contributed by atoms with E-state index in [1.54, 1.807) is 0 Å². The molecule has 0 aliphatic heterocycles.